The summed E-state index contributed by atoms with van der Waals surface area (Å²) in [5.74, 6) is -0.305. The van der Waals surface area contributed by atoms with Gasteiger partial charge in [-0.25, -0.2) is 4.79 Å². The van der Waals surface area contributed by atoms with Gasteiger partial charge in [-0.2, -0.15) is 0 Å². The highest BCUT2D eigenvalue weighted by atomic mass is 16.5. The SMILES string of the molecule is CCCNC(=O)c1ccc(N(C)C(CN2CCC(OC(=O)c3ccccc3)C2)c2ccccc2)cc1. The Morgan fingerprint density at radius 1 is 0.972 bits per heavy atom. The predicted octanol–water partition coefficient (Wildman–Crippen LogP) is 4.94. The number of esters is 1. The van der Waals surface area contributed by atoms with Gasteiger partial charge >= 0.3 is 5.97 Å². The normalized spacial score (nSPS) is 16.3. The topological polar surface area (TPSA) is 61.9 Å². The van der Waals surface area contributed by atoms with E-state index in [0.717, 1.165) is 31.6 Å². The van der Waals surface area contributed by atoms with Crippen molar-refractivity contribution in [3.63, 3.8) is 0 Å². The minimum atomic E-state index is -0.262. The highest BCUT2D eigenvalue weighted by Crippen LogP contribution is 2.28. The third-order valence-electron chi connectivity index (χ3n) is 6.67. The molecule has 36 heavy (non-hydrogen) atoms. The van der Waals surface area contributed by atoms with Gasteiger partial charge in [0.05, 0.1) is 11.6 Å². The molecule has 3 aromatic rings. The van der Waals surface area contributed by atoms with Crippen molar-refractivity contribution in [1.29, 1.82) is 0 Å². The monoisotopic (exact) mass is 485 g/mol. The summed E-state index contributed by atoms with van der Waals surface area (Å²) in [5.41, 5.74) is 3.51. The lowest BCUT2D eigenvalue weighted by molar-refractivity contribution is 0.0321. The van der Waals surface area contributed by atoms with Gasteiger partial charge in [0, 0.05) is 44.5 Å². The second kappa shape index (κ2) is 12.4. The summed E-state index contributed by atoms with van der Waals surface area (Å²) < 4.78 is 5.79. The van der Waals surface area contributed by atoms with Crippen molar-refractivity contribution in [3.05, 3.63) is 102 Å². The van der Waals surface area contributed by atoms with Crippen molar-refractivity contribution in [1.82, 2.24) is 10.2 Å². The zero-order valence-corrected chi connectivity index (χ0v) is 21.1. The molecule has 1 heterocycles. The Morgan fingerprint density at radius 3 is 2.31 bits per heavy atom. The molecule has 3 aromatic carbocycles. The Bertz CT molecular complexity index is 1120. The first kappa shape index (κ1) is 25.5. The van der Waals surface area contributed by atoms with Crippen LogP contribution in [-0.2, 0) is 4.74 Å². The van der Waals surface area contributed by atoms with Crippen LogP contribution in [0.5, 0.6) is 0 Å². The fourth-order valence-electron chi connectivity index (χ4n) is 4.59. The molecule has 0 saturated carbocycles. The summed E-state index contributed by atoms with van der Waals surface area (Å²) >= 11 is 0. The van der Waals surface area contributed by atoms with Gasteiger partial charge in [0.1, 0.15) is 6.10 Å². The molecule has 1 aliphatic rings. The first-order valence-electron chi connectivity index (χ1n) is 12.7. The van der Waals surface area contributed by atoms with E-state index in [2.05, 4.69) is 46.4 Å². The van der Waals surface area contributed by atoms with Crippen LogP contribution in [-0.4, -0.2) is 56.1 Å². The van der Waals surface area contributed by atoms with Crippen molar-refractivity contribution in [2.24, 2.45) is 0 Å². The Morgan fingerprint density at radius 2 is 1.64 bits per heavy atom. The third kappa shape index (κ3) is 6.52. The maximum atomic E-state index is 12.5. The quantitative estimate of drug-likeness (QED) is 0.413. The van der Waals surface area contributed by atoms with Gasteiger partial charge in [-0.05, 0) is 54.8 Å². The molecule has 1 aliphatic heterocycles. The Kier molecular flexibility index (Phi) is 8.74. The maximum absolute atomic E-state index is 12.5. The molecule has 0 aromatic heterocycles. The fourth-order valence-corrected chi connectivity index (χ4v) is 4.59. The van der Waals surface area contributed by atoms with Crippen LogP contribution in [0.25, 0.3) is 0 Å². The molecule has 4 rings (SSSR count). The average Bonchev–Trinajstić information content (AvgIpc) is 3.37. The van der Waals surface area contributed by atoms with Crippen molar-refractivity contribution >= 4 is 17.6 Å². The van der Waals surface area contributed by atoms with Gasteiger partial charge in [0.2, 0.25) is 0 Å². The number of likely N-dealkylation sites (N-methyl/N-ethyl adjacent to an activating group) is 1. The molecule has 1 N–H and O–H groups in total. The smallest absolute Gasteiger partial charge is 0.338 e. The van der Waals surface area contributed by atoms with Gasteiger partial charge in [0.15, 0.2) is 0 Å². The minimum absolute atomic E-state index is 0.0428. The number of carbonyl (C=O) groups is 2. The molecule has 2 atom stereocenters. The molecular formula is C30H35N3O3. The minimum Gasteiger partial charge on any atom is -0.457 e. The summed E-state index contributed by atoms with van der Waals surface area (Å²) in [4.78, 5) is 29.4. The van der Waals surface area contributed by atoms with Crippen LogP contribution in [0.1, 0.15) is 52.1 Å². The van der Waals surface area contributed by atoms with Crippen LogP contribution < -0.4 is 10.2 Å². The molecule has 0 spiro atoms. The van der Waals surface area contributed by atoms with Gasteiger partial charge in [-0.3, -0.25) is 9.69 Å². The lowest BCUT2D eigenvalue weighted by atomic mass is 10.0. The second-order valence-electron chi connectivity index (χ2n) is 9.28. The molecule has 0 aliphatic carbocycles. The zero-order valence-electron chi connectivity index (χ0n) is 21.1. The molecule has 188 valence electrons. The van der Waals surface area contributed by atoms with E-state index < -0.39 is 0 Å². The first-order valence-corrected chi connectivity index (χ1v) is 12.7. The maximum Gasteiger partial charge on any atom is 0.338 e. The van der Waals surface area contributed by atoms with Crippen molar-refractivity contribution in [2.75, 3.05) is 38.1 Å². The van der Waals surface area contributed by atoms with E-state index in [4.69, 9.17) is 4.74 Å². The van der Waals surface area contributed by atoms with E-state index in [1.165, 1.54) is 5.56 Å². The predicted molar refractivity (Wildman–Crippen MR) is 143 cm³/mol. The lowest BCUT2D eigenvalue weighted by Crippen LogP contribution is -2.36. The molecule has 0 bridgehead atoms. The molecule has 1 amide bonds. The number of rotatable bonds is 10. The van der Waals surface area contributed by atoms with Crippen molar-refractivity contribution in [2.45, 2.75) is 31.9 Å². The number of hydrogen-bond acceptors (Lipinski definition) is 5. The van der Waals surface area contributed by atoms with Crippen LogP contribution >= 0.6 is 0 Å². The Balaban J connectivity index is 1.43. The fraction of sp³-hybridized carbons (Fsp3) is 0.333. The lowest BCUT2D eigenvalue weighted by Gasteiger charge is -2.33. The van der Waals surface area contributed by atoms with Crippen molar-refractivity contribution < 1.29 is 14.3 Å². The summed E-state index contributed by atoms with van der Waals surface area (Å²) in [6.07, 6.45) is 1.62. The van der Waals surface area contributed by atoms with Crippen LogP contribution in [0, 0.1) is 0 Å². The molecule has 2 unspecified atom stereocenters. The van der Waals surface area contributed by atoms with E-state index in [1.807, 2.05) is 55.5 Å². The van der Waals surface area contributed by atoms with Gasteiger partial charge in [0.25, 0.3) is 5.91 Å². The molecule has 6 heteroatoms. The number of hydrogen-bond donors (Lipinski definition) is 1. The van der Waals surface area contributed by atoms with E-state index in [9.17, 15) is 9.59 Å². The largest absolute Gasteiger partial charge is 0.457 e. The van der Waals surface area contributed by atoms with E-state index >= 15 is 0 Å². The number of likely N-dealkylation sites (tertiary alicyclic amines) is 1. The number of carbonyl (C=O) groups excluding carboxylic acids is 2. The molecule has 6 nitrogen and oxygen atoms in total. The van der Waals surface area contributed by atoms with Gasteiger partial charge < -0.3 is 15.0 Å². The molecule has 0 radical (unpaired) electrons. The van der Waals surface area contributed by atoms with Crippen LogP contribution in [0.15, 0.2) is 84.9 Å². The number of nitrogens with zero attached hydrogens (tertiary/aromatic N) is 2. The number of ether oxygens (including phenoxy) is 1. The van der Waals surface area contributed by atoms with Crippen LogP contribution in [0.2, 0.25) is 0 Å². The van der Waals surface area contributed by atoms with Crippen LogP contribution in [0.3, 0.4) is 0 Å². The standard InChI is InChI=1S/C30H35N3O3/c1-3-19-31-29(34)24-14-16-26(17-15-24)32(2)28(23-10-6-4-7-11-23)22-33-20-18-27(21-33)36-30(35)25-12-8-5-9-13-25/h4-17,27-28H,3,18-22H2,1-2H3,(H,31,34). The Hall–Kier alpha value is -3.64. The number of amides is 1. The average molecular weight is 486 g/mol. The molecule has 1 fully saturated rings. The second-order valence-corrected chi connectivity index (χ2v) is 9.28. The van der Waals surface area contributed by atoms with E-state index in [0.29, 0.717) is 24.2 Å². The third-order valence-corrected chi connectivity index (χ3v) is 6.67. The summed E-state index contributed by atoms with van der Waals surface area (Å²) in [6.45, 7) is 5.11. The Labute approximate surface area is 213 Å². The number of nitrogens with one attached hydrogen (secondary N) is 1. The van der Waals surface area contributed by atoms with Gasteiger partial charge in [-0.15, -0.1) is 0 Å². The van der Waals surface area contributed by atoms with E-state index in [1.54, 1.807) is 12.1 Å². The number of anilines is 1. The van der Waals surface area contributed by atoms with Crippen molar-refractivity contribution in [3.8, 4) is 0 Å². The zero-order chi connectivity index (χ0) is 25.3. The van der Waals surface area contributed by atoms with Gasteiger partial charge in [-0.1, -0.05) is 55.5 Å². The molecular weight excluding hydrogens is 450 g/mol. The van der Waals surface area contributed by atoms with E-state index in [-0.39, 0.29) is 24.0 Å². The molecule has 1 saturated heterocycles. The highest BCUT2D eigenvalue weighted by Gasteiger charge is 2.29. The summed E-state index contributed by atoms with van der Waals surface area (Å²) in [7, 11) is 2.09. The number of benzene rings is 3. The first-order chi connectivity index (χ1) is 17.5. The van der Waals surface area contributed by atoms with Crippen LogP contribution in [0.4, 0.5) is 5.69 Å². The highest BCUT2D eigenvalue weighted by molar-refractivity contribution is 5.94. The summed E-state index contributed by atoms with van der Waals surface area (Å²) in [5, 5.41) is 2.93. The summed E-state index contributed by atoms with van der Waals surface area (Å²) in [6, 6.07) is 27.5.